The summed E-state index contributed by atoms with van der Waals surface area (Å²) in [6, 6.07) is 17.0. The van der Waals surface area contributed by atoms with Crippen LogP contribution in [0.4, 0.5) is 10.1 Å². The van der Waals surface area contributed by atoms with Crippen molar-refractivity contribution in [1.29, 1.82) is 0 Å². The van der Waals surface area contributed by atoms with Crippen LogP contribution in [0.5, 0.6) is 0 Å². The number of fused-ring (bicyclic) bond motifs is 1. The highest BCUT2D eigenvalue weighted by Gasteiger charge is 2.27. The molecule has 0 aliphatic rings. The number of hydrogen-bond acceptors (Lipinski definition) is 4. The van der Waals surface area contributed by atoms with Gasteiger partial charge in [-0.3, -0.25) is 14.4 Å². The molecule has 3 aromatic carbocycles. The third-order valence-corrected chi connectivity index (χ3v) is 6.31. The van der Waals surface area contributed by atoms with Crippen LogP contribution in [0.3, 0.4) is 0 Å². The molecule has 37 heavy (non-hydrogen) atoms. The minimum absolute atomic E-state index is 0.121. The van der Waals surface area contributed by atoms with Crippen LogP contribution in [0.25, 0.3) is 22.0 Å². The summed E-state index contributed by atoms with van der Waals surface area (Å²) in [6.45, 7) is 2.60. The van der Waals surface area contributed by atoms with Crippen molar-refractivity contribution in [1.82, 2.24) is 9.88 Å². The molecule has 0 aliphatic heterocycles. The van der Waals surface area contributed by atoms with Crippen LogP contribution in [0.15, 0.2) is 72.9 Å². The van der Waals surface area contributed by atoms with E-state index in [2.05, 4.69) is 10.6 Å². The van der Waals surface area contributed by atoms with Crippen molar-refractivity contribution < 1.29 is 23.9 Å². The fraction of sp³-hybridized carbons (Fsp3) is 0.179. The standard InChI is InChI=1S/C28H25ClFN3O4/c1-16(34)21-14-33(24-13-6-4-9-19(21)24)15-25(36)32-27(17(2)35)28(37)31-23-12-7-10-20(26(23)30)18-8-3-5-11-22(18)29/h3-14,17,27,35H,15H2,1-2H3,(H,31,37)(H,32,36)/t17?,27-/m0/s1. The molecule has 1 aromatic heterocycles. The van der Waals surface area contributed by atoms with Crippen molar-refractivity contribution in [3.63, 3.8) is 0 Å². The first-order valence-electron chi connectivity index (χ1n) is 11.6. The molecule has 4 rings (SSSR count). The van der Waals surface area contributed by atoms with Crippen LogP contribution in [0, 0.1) is 5.82 Å². The quantitative estimate of drug-likeness (QED) is 0.290. The SMILES string of the molecule is CC(=O)c1cn(CC(=O)N[C@H](C(=O)Nc2cccc(-c3ccccc3Cl)c2F)C(C)O)c2ccccc12. The van der Waals surface area contributed by atoms with E-state index in [1.54, 1.807) is 65.4 Å². The minimum atomic E-state index is -1.36. The highest BCUT2D eigenvalue weighted by atomic mass is 35.5. The number of halogens is 2. The number of carbonyl (C=O) groups excluding carboxylic acids is 3. The summed E-state index contributed by atoms with van der Waals surface area (Å²) < 4.78 is 16.9. The third kappa shape index (κ3) is 5.55. The number of rotatable bonds is 8. The zero-order valence-corrected chi connectivity index (χ0v) is 20.9. The minimum Gasteiger partial charge on any atom is -0.391 e. The number of anilines is 1. The van der Waals surface area contributed by atoms with E-state index >= 15 is 4.39 Å². The van der Waals surface area contributed by atoms with Crippen LogP contribution >= 0.6 is 11.6 Å². The normalized spacial score (nSPS) is 12.7. The number of aromatic nitrogens is 1. The number of ketones is 1. The Morgan fingerprint density at radius 2 is 1.68 bits per heavy atom. The topological polar surface area (TPSA) is 100 Å². The molecular formula is C28H25ClFN3O4. The largest absolute Gasteiger partial charge is 0.391 e. The van der Waals surface area contributed by atoms with Gasteiger partial charge < -0.3 is 20.3 Å². The van der Waals surface area contributed by atoms with E-state index in [4.69, 9.17) is 11.6 Å². The van der Waals surface area contributed by atoms with Crippen LogP contribution < -0.4 is 10.6 Å². The molecule has 1 unspecified atom stereocenters. The first-order valence-corrected chi connectivity index (χ1v) is 12.0. The number of aliphatic hydroxyl groups excluding tert-OH is 1. The summed E-state index contributed by atoms with van der Waals surface area (Å²) in [5.41, 5.74) is 1.69. The Bertz CT molecular complexity index is 1500. The Morgan fingerprint density at radius 1 is 1.00 bits per heavy atom. The molecular weight excluding hydrogens is 497 g/mol. The van der Waals surface area contributed by atoms with E-state index in [-0.39, 0.29) is 23.6 Å². The molecule has 3 N–H and O–H groups in total. The molecule has 0 spiro atoms. The monoisotopic (exact) mass is 521 g/mol. The molecule has 190 valence electrons. The molecule has 0 fully saturated rings. The summed E-state index contributed by atoms with van der Waals surface area (Å²) in [5.74, 6) is -2.20. The number of aliphatic hydroxyl groups is 1. The van der Waals surface area contributed by atoms with E-state index in [1.165, 1.54) is 26.0 Å². The van der Waals surface area contributed by atoms with Crippen molar-refractivity contribution in [3.8, 4) is 11.1 Å². The highest BCUT2D eigenvalue weighted by Crippen LogP contribution is 2.32. The number of nitrogens with one attached hydrogen (secondary N) is 2. The van der Waals surface area contributed by atoms with Crippen molar-refractivity contribution in [2.24, 2.45) is 0 Å². The fourth-order valence-corrected chi connectivity index (χ4v) is 4.40. The van der Waals surface area contributed by atoms with Crippen molar-refractivity contribution in [2.75, 3.05) is 5.32 Å². The number of Topliss-reactive ketones (excluding diaryl/α,β-unsaturated/α-hetero) is 1. The second-order valence-electron chi connectivity index (χ2n) is 8.67. The summed E-state index contributed by atoms with van der Waals surface area (Å²) in [7, 11) is 0. The van der Waals surface area contributed by atoms with Crippen molar-refractivity contribution in [3.05, 3.63) is 89.3 Å². The maximum atomic E-state index is 15.3. The predicted molar refractivity (Wildman–Crippen MR) is 141 cm³/mol. The van der Waals surface area contributed by atoms with E-state index in [0.29, 0.717) is 27.1 Å². The lowest BCUT2D eigenvalue weighted by Gasteiger charge is -2.21. The Balaban J connectivity index is 1.53. The molecule has 7 nitrogen and oxygen atoms in total. The van der Waals surface area contributed by atoms with Gasteiger partial charge >= 0.3 is 0 Å². The lowest BCUT2D eigenvalue weighted by molar-refractivity contribution is -0.129. The Morgan fingerprint density at radius 3 is 2.38 bits per heavy atom. The molecule has 0 bridgehead atoms. The van der Waals surface area contributed by atoms with Gasteiger partial charge in [0.1, 0.15) is 12.6 Å². The Hall–Kier alpha value is -4.01. The third-order valence-electron chi connectivity index (χ3n) is 5.98. The molecule has 0 aliphatic carbocycles. The number of carbonyl (C=O) groups is 3. The predicted octanol–water partition coefficient (Wildman–Crippen LogP) is 4.81. The maximum absolute atomic E-state index is 15.3. The zero-order valence-electron chi connectivity index (χ0n) is 20.2. The van der Waals surface area contributed by atoms with Crippen LogP contribution in [0.1, 0.15) is 24.2 Å². The summed E-state index contributed by atoms with van der Waals surface area (Å²) in [5, 5.41) is 16.3. The molecule has 9 heteroatoms. The number of hydrogen-bond donors (Lipinski definition) is 3. The van der Waals surface area contributed by atoms with E-state index in [0.717, 1.165) is 0 Å². The zero-order chi connectivity index (χ0) is 26.7. The van der Waals surface area contributed by atoms with Gasteiger partial charge in [-0.15, -0.1) is 0 Å². The van der Waals surface area contributed by atoms with E-state index < -0.39 is 29.8 Å². The lowest BCUT2D eigenvalue weighted by atomic mass is 10.0. The first-order chi connectivity index (χ1) is 17.7. The lowest BCUT2D eigenvalue weighted by Crippen LogP contribution is -2.51. The maximum Gasteiger partial charge on any atom is 0.249 e. The van der Waals surface area contributed by atoms with E-state index in [1.807, 2.05) is 0 Å². The average molecular weight is 522 g/mol. The number of amides is 2. The second-order valence-corrected chi connectivity index (χ2v) is 9.07. The van der Waals surface area contributed by atoms with Gasteiger partial charge in [0.25, 0.3) is 0 Å². The molecule has 1 heterocycles. The van der Waals surface area contributed by atoms with Gasteiger partial charge in [-0.25, -0.2) is 4.39 Å². The van der Waals surface area contributed by atoms with Gasteiger partial charge in [-0.1, -0.05) is 60.1 Å². The van der Waals surface area contributed by atoms with Gasteiger partial charge in [-0.05, 0) is 32.0 Å². The average Bonchev–Trinajstić information content (AvgIpc) is 3.23. The summed E-state index contributed by atoms with van der Waals surface area (Å²) >= 11 is 6.20. The van der Waals surface area contributed by atoms with Gasteiger partial charge in [-0.2, -0.15) is 0 Å². The second kappa shape index (κ2) is 10.9. The number of nitrogens with zero attached hydrogens (tertiary/aromatic N) is 1. The van der Waals surface area contributed by atoms with Crippen molar-refractivity contribution >= 4 is 45.8 Å². The van der Waals surface area contributed by atoms with E-state index in [9.17, 15) is 19.5 Å². The number of para-hydroxylation sites is 1. The molecule has 0 radical (unpaired) electrons. The van der Waals surface area contributed by atoms with Crippen LogP contribution in [-0.2, 0) is 16.1 Å². The smallest absolute Gasteiger partial charge is 0.249 e. The molecule has 4 aromatic rings. The Kier molecular flexibility index (Phi) is 7.71. The summed E-state index contributed by atoms with van der Waals surface area (Å²) in [6.07, 6.45) is 0.313. The molecule has 0 saturated heterocycles. The van der Waals surface area contributed by atoms with Gasteiger partial charge in [0.15, 0.2) is 11.6 Å². The van der Waals surface area contributed by atoms with Gasteiger partial charge in [0.2, 0.25) is 11.8 Å². The van der Waals surface area contributed by atoms with Crippen LogP contribution in [0.2, 0.25) is 5.02 Å². The first kappa shape index (κ1) is 26.1. The number of benzene rings is 3. The fourth-order valence-electron chi connectivity index (χ4n) is 4.16. The van der Waals surface area contributed by atoms with Crippen molar-refractivity contribution in [2.45, 2.75) is 32.5 Å². The highest BCUT2D eigenvalue weighted by molar-refractivity contribution is 6.33. The van der Waals surface area contributed by atoms with Crippen LogP contribution in [-0.4, -0.2) is 39.4 Å². The Labute approximate surface area is 217 Å². The molecule has 2 amide bonds. The van der Waals surface area contributed by atoms with Gasteiger partial charge in [0.05, 0.1) is 11.8 Å². The van der Waals surface area contributed by atoms with Gasteiger partial charge in [0, 0.05) is 38.8 Å². The molecule has 0 saturated carbocycles. The summed E-state index contributed by atoms with van der Waals surface area (Å²) in [4.78, 5) is 37.8. The molecule has 2 atom stereocenters.